The summed E-state index contributed by atoms with van der Waals surface area (Å²) in [6.45, 7) is 6.07. The Labute approximate surface area is 60.0 Å². The first-order valence-electron chi connectivity index (χ1n) is 3.48. The van der Waals surface area contributed by atoms with Gasteiger partial charge in [0.1, 0.15) is 0 Å². The average Bonchev–Trinajstić information content (AvgIpc) is 1.82. The lowest BCUT2D eigenvalue weighted by atomic mass is 11.0. The summed E-state index contributed by atoms with van der Waals surface area (Å²) in [5, 5.41) is 0. The zero-order valence-electron chi connectivity index (χ0n) is 6.72. The van der Waals surface area contributed by atoms with Crippen LogP contribution in [0, 0.1) is 0 Å². The molecule has 1 atom stereocenters. The average molecular weight is 143 g/mol. The van der Waals surface area contributed by atoms with Gasteiger partial charge < -0.3 is 4.90 Å². The van der Waals surface area contributed by atoms with Crippen LogP contribution in [0.2, 0.25) is 6.04 Å². The standard InChI is InChI=1S/C7H17NSi/c1-5-9(6-2)7-8(3)4/h5,9H,1,6-7H2,2-4H3. The van der Waals surface area contributed by atoms with Gasteiger partial charge in [-0.1, -0.05) is 13.0 Å². The Morgan fingerprint density at radius 2 is 2.11 bits per heavy atom. The van der Waals surface area contributed by atoms with E-state index >= 15 is 0 Å². The molecule has 0 radical (unpaired) electrons. The maximum absolute atomic E-state index is 3.82. The maximum Gasteiger partial charge on any atom is 0.0755 e. The molecule has 0 aromatic heterocycles. The third-order valence-electron chi connectivity index (χ3n) is 1.46. The summed E-state index contributed by atoms with van der Waals surface area (Å²) in [5.74, 6) is 0. The molecule has 0 amide bonds. The van der Waals surface area contributed by atoms with E-state index in [1.807, 2.05) is 0 Å². The van der Waals surface area contributed by atoms with Gasteiger partial charge in [0.25, 0.3) is 0 Å². The van der Waals surface area contributed by atoms with E-state index in [1.54, 1.807) is 0 Å². The van der Waals surface area contributed by atoms with Gasteiger partial charge in [-0.2, -0.15) is 0 Å². The van der Waals surface area contributed by atoms with E-state index in [4.69, 9.17) is 0 Å². The number of rotatable bonds is 4. The highest BCUT2D eigenvalue weighted by atomic mass is 28.3. The van der Waals surface area contributed by atoms with Gasteiger partial charge in [0, 0.05) is 0 Å². The zero-order valence-corrected chi connectivity index (χ0v) is 7.88. The van der Waals surface area contributed by atoms with Crippen molar-refractivity contribution < 1.29 is 0 Å². The van der Waals surface area contributed by atoms with E-state index in [1.165, 1.54) is 12.2 Å². The summed E-state index contributed by atoms with van der Waals surface area (Å²) in [5.41, 5.74) is 2.17. The van der Waals surface area contributed by atoms with Gasteiger partial charge in [-0.15, -0.1) is 12.3 Å². The minimum Gasteiger partial charge on any atom is -0.312 e. The number of hydrogen-bond donors (Lipinski definition) is 0. The molecule has 0 rings (SSSR count). The predicted molar refractivity (Wildman–Crippen MR) is 46.4 cm³/mol. The summed E-state index contributed by atoms with van der Waals surface area (Å²) in [7, 11) is 3.69. The molecule has 0 aliphatic carbocycles. The van der Waals surface area contributed by atoms with Crippen molar-refractivity contribution in [2.45, 2.75) is 13.0 Å². The second-order valence-corrected chi connectivity index (χ2v) is 5.84. The molecular formula is C7H17NSi. The fourth-order valence-corrected chi connectivity index (χ4v) is 2.52. The molecule has 0 aliphatic heterocycles. The topological polar surface area (TPSA) is 3.24 Å². The molecule has 0 N–H and O–H groups in total. The van der Waals surface area contributed by atoms with Gasteiger partial charge in [0.05, 0.1) is 8.80 Å². The molecule has 0 aromatic carbocycles. The highest BCUT2D eigenvalue weighted by Gasteiger charge is 2.02. The van der Waals surface area contributed by atoms with Crippen molar-refractivity contribution in [1.82, 2.24) is 4.90 Å². The van der Waals surface area contributed by atoms with Crippen molar-refractivity contribution in [1.29, 1.82) is 0 Å². The lowest BCUT2D eigenvalue weighted by Crippen LogP contribution is -2.27. The third kappa shape index (κ3) is 4.42. The summed E-state index contributed by atoms with van der Waals surface area (Å²) in [4.78, 5) is 2.25. The Morgan fingerprint density at radius 1 is 1.56 bits per heavy atom. The van der Waals surface area contributed by atoms with Crippen LogP contribution in [0.15, 0.2) is 12.3 Å². The van der Waals surface area contributed by atoms with Crippen LogP contribution < -0.4 is 0 Å². The maximum atomic E-state index is 3.82. The van der Waals surface area contributed by atoms with Crippen LogP contribution in [-0.4, -0.2) is 34.0 Å². The van der Waals surface area contributed by atoms with Crippen LogP contribution in [0.1, 0.15) is 6.92 Å². The molecule has 0 aliphatic rings. The van der Waals surface area contributed by atoms with E-state index in [2.05, 4.69) is 38.2 Å². The molecule has 0 bridgehead atoms. The van der Waals surface area contributed by atoms with Crippen LogP contribution >= 0.6 is 0 Å². The van der Waals surface area contributed by atoms with Crippen molar-refractivity contribution in [3.05, 3.63) is 12.3 Å². The quantitative estimate of drug-likeness (QED) is 0.532. The van der Waals surface area contributed by atoms with Crippen molar-refractivity contribution in [3.63, 3.8) is 0 Å². The molecule has 0 spiro atoms. The Bertz CT molecular complexity index is 81.0. The molecule has 0 saturated carbocycles. The highest BCUT2D eigenvalue weighted by molar-refractivity contribution is 6.64. The molecule has 2 heteroatoms. The molecule has 0 fully saturated rings. The van der Waals surface area contributed by atoms with E-state index in [0.717, 1.165) is 0 Å². The Hall–Kier alpha value is -0.0831. The van der Waals surface area contributed by atoms with Gasteiger partial charge in [-0.05, 0) is 20.3 Å². The Balaban J connectivity index is 3.42. The first kappa shape index (κ1) is 8.92. The first-order chi connectivity index (χ1) is 4.20. The summed E-state index contributed by atoms with van der Waals surface area (Å²) >= 11 is 0. The molecule has 0 saturated heterocycles. The monoisotopic (exact) mass is 143 g/mol. The van der Waals surface area contributed by atoms with Gasteiger partial charge in [-0.3, -0.25) is 0 Å². The normalized spacial score (nSPS) is 13.8. The van der Waals surface area contributed by atoms with E-state index < -0.39 is 8.80 Å². The number of nitrogens with zero attached hydrogens (tertiary/aromatic N) is 1. The fraction of sp³-hybridized carbons (Fsp3) is 0.714. The Kier molecular flexibility index (Phi) is 4.72. The van der Waals surface area contributed by atoms with Crippen molar-refractivity contribution in [2.24, 2.45) is 0 Å². The van der Waals surface area contributed by atoms with Crippen molar-refractivity contribution in [2.75, 3.05) is 20.3 Å². The fourth-order valence-electron chi connectivity index (χ4n) is 0.839. The lowest BCUT2D eigenvalue weighted by Gasteiger charge is -2.13. The first-order valence-corrected chi connectivity index (χ1v) is 5.78. The largest absolute Gasteiger partial charge is 0.312 e. The smallest absolute Gasteiger partial charge is 0.0755 e. The Morgan fingerprint density at radius 3 is 2.22 bits per heavy atom. The second-order valence-electron chi connectivity index (χ2n) is 2.67. The lowest BCUT2D eigenvalue weighted by molar-refractivity contribution is 0.474. The molecule has 1 unspecified atom stereocenters. The highest BCUT2D eigenvalue weighted by Crippen LogP contribution is 1.92. The van der Waals surface area contributed by atoms with Crippen LogP contribution in [-0.2, 0) is 0 Å². The molecule has 9 heavy (non-hydrogen) atoms. The molecular weight excluding hydrogens is 126 g/mol. The number of hydrogen-bond acceptors (Lipinski definition) is 1. The van der Waals surface area contributed by atoms with Gasteiger partial charge in [-0.25, -0.2) is 0 Å². The van der Waals surface area contributed by atoms with Crippen LogP contribution in [0.3, 0.4) is 0 Å². The SMILES string of the molecule is C=C[SiH](CC)CN(C)C. The van der Waals surface area contributed by atoms with Gasteiger partial charge in [0.2, 0.25) is 0 Å². The van der Waals surface area contributed by atoms with E-state index in [9.17, 15) is 0 Å². The minimum atomic E-state index is -0.560. The molecule has 1 nitrogen and oxygen atoms in total. The minimum absolute atomic E-state index is 0.560. The molecule has 54 valence electrons. The summed E-state index contributed by atoms with van der Waals surface area (Å²) in [6, 6.07) is 1.34. The second kappa shape index (κ2) is 4.76. The predicted octanol–water partition coefficient (Wildman–Crippen LogP) is 1.06. The van der Waals surface area contributed by atoms with Crippen LogP contribution in [0.25, 0.3) is 0 Å². The van der Waals surface area contributed by atoms with Crippen molar-refractivity contribution in [3.8, 4) is 0 Å². The van der Waals surface area contributed by atoms with E-state index in [-0.39, 0.29) is 0 Å². The summed E-state index contributed by atoms with van der Waals surface area (Å²) < 4.78 is 0. The van der Waals surface area contributed by atoms with Gasteiger partial charge >= 0.3 is 0 Å². The van der Waals surface area contributed by atoms with Crippen LogP contribution in [0.4, 0.5) is 0 Å². The van der Waals surface area contributed by atoms with Gasteiger partial charge in [0.15, 0.2) is 0 Å². The summed E-state index contributed by atoms with van der Waals surface area (Å²) in [6.07, 6.45) is 1.26. The van der Waals surface area contributed by atoms with Crippen LogP contribution in [0.5, 0.6) is 0 Å². The van der Waals surface area contributed by atoms with Crippen molar-refractivity contribution >= 4 is 8.80 Å². The molecule has 0 heterocycles. The zero-order chi connectivity index (χ0) is 7.28. The molecule has 0 aromatic rings. The van der Waals surface area contributed by atoms with E-state index in [0.29, 0.717) is 0 Å². The third-order valence-corrected chi connectivity index (χ3v) is 4.37.